The van der Waals surface area contributed by atoms with Crippen molar-refractivity contribution >= 4 is 11.6 Å². The first-order chi connectivity index (χ1) is 18.3. The smallest absolute Gasteiger partial charge is 0.410 e. The highest BCUT2D eigenvalue weighted by molar-refractivity contribution is 5.77. The molecular formula is C29H25N5O3. The molecule has 0 saturated carbocycles. The van der Waals surface area contributed by atoms with Gasteiger partial charge in [0.15, 0.2) is 0 Å². The van der Waals surface area contributed by atoms with Crippen molar-refractivity contribution in [2.45, 2.75) is 25.5 Å². The summed E-state index contributed by atoms with van der Waals surface area (Å²) in [6.07, 6.45) is 8.50. The minimum absolute atomic E-state index is 0.194. The third-order valence-electron chi connectivity index (χ3n) is 6.44. The van der Waals surface area contributed by atoms with E-state index < -0.39 is 0 Å². The normalized spacial score (nSPS) is 15.1. The lowest BCUT2D eigenvalue weighted by molar-refractivity contribution is 0.0908. The van der Waals surface area contributed by atoms with Crippen LogP contribution >= 0.6 is 0 Å². The first-order valence-corrected chi connectivity index (χ1v) is 12.2. The van der Waals surface area contributed by atoms with Gasteiger partial charge in [-0.05, 0) is 36.6 Å². The molecule has 1 aliphatic rings. The van der Waals surface area contributed by atoms with Crippen molar-refractivity contribution < 1.29 is 14.3 Å². The van der Waals surface area contributed by atoms with E-state index in [1.807, 2.05) is 83.4 Å². The van der Waals surface area contributed by atoms with Crippen LogP contribution in [-0.4, -0.2) is 36.9 Å². The number of benzene rings is 2. The largest absolute Gasteiger partial charge is 0.445 e. The van der Waals surface area contributed by atoms with E-state index in [9.17, 15) is 4.79 Å². The molecule has 0 N–H and O–H groups in total. The van der Waals surface area contributed by atoms with Crippen LogP contribution in [0.2, 0.25) is 0 Å². The second kappa shape index (κ2) is 10.1. The summed E-state index contributed by atoms with van der Waals surface area (Å²) >= 11 is 0. The number of aromatic nitrogens is 4. The first-order valence-electron chi connectivity index (χ1n) is 12.2. The summed E-state index contributed by atoms with van der Waals surface area (Å²) in [4.78, 5) is 28.6. The summed E-state index contributed by atoms with van der Waals surface area (Å²) in [5, 5.41) is 0. The summed E-state index contributed by atoms with van der Waals surface area (Å²) in [5.41, 5.74) is 3.40. The molecule has 4 heterocycles. The molecule has 184 valence electrons. The lowest BCUT2D eigenvalue weighted by Gasteiger charge is -2.23. The first kappa shape index (κ1) is 22.7. The summed E-state index contributed by atoms with van der Waals surface area (Å²) in [6.45, 7) is 0.865. The molecule has 1 amide bonds. The third kappa shape index (κ3) is 4.73. The maximum Gasteiger partial charge on any atom is 0.410 e. The van der Waals surface area contributed by atoms with E-state index in [2.05, 4.69) is 9.97 Å². The summed E-state index contributed by atoms with van der Waals surface area (Å²) in [6, 6.07) is 22.8. The zero-order valence-electron chi connectivity index (χ0n) is 20.1. The number of imidazole rings is 1. The fourth-order valence-electron chi connectivity index (χ4n) is 4.66. The number of ether oxygens (including phenoxy) is 2. The Morgan fingerprint density at radius 1 is 0.973 bits per heavy atom. The summed E-state index contributed by atoms with van der Waals surface area (Å²) in [7, 11) is 0. The Labute approximate surface area is 214 Å². The van der Waals surface area contributed by atoms with Gasteiger partial charge in [-0.15, -0.1) is 0 Å². The highest BCUT2D eigenvalue weighted by Crippen LogP contribution is 2.35. The van der Waals surface area contributed by atoms with Crippen LogP contribution in [0.25, 0.3) is 16.8 Å². The molecule has 0 bridgehead atoms. The minimum atomic E-state index is -0.331. The number of likely N-dealkylation sites (tertiary alicyclic amines) is 1. The van der Waals surface area contributed by atoms with E-state index in [1.54, 1.807) is 23.5 Å². The maximum absolute atomic E-state index is 13.0. The van der Waals surface area contributed by atoms with Gasteiger partial charge in [-0.3, -0.25) is 14.3 Å². The van der Waals surface area contributed by atoms with Gasteiger partial charge in [-0.1, -0.05) is 48.5 Å². The van der Waals surface area contributed by atoms with E-state index >= 15 is 0 Å². The topological polar surface area (TPSA) is 81.8 Å². The molecular weight excluding hydrogens is 466 g/mol. The quantitative estimate of drug-likeness (QED) is 0.287. The van der Waals surface area contributed by atoms with E-state index in [-0.39, 0.29) is 18.7 Å². The van der Waals surface area contributed by atoms with Crippen LogP contribution in [0.1, 0.15) is 30.3 Å². The van der Waals surface area contributed by atoms with Gasteiger partial charge in [0.05, 0.1) is 23.4 Å². The molecule has 5 aromatic rings. The molecule has 0 spiro atoms. The van der Waals surface area contributed by atoms with Gasteiger partial charge >= 0.3 is 6.09 Å². The third-order valence-corrected chi connectivity index (χ3v) is 6.44. The van der Waals surface area contributed by atoms with Gasteiger partial charge in [0, 0.05) is 36.8 Å². The number of hydrogen-bond acceptors (Lipinski definition) is 6. The number of amides is 1. The highest BCUT2D eigenvalue weighted by Gasteiger charge is 2.34. The van der Waals surface area contributed by atoms with Gasteiger partial charge in [0.25, 0.3) is 0 Å². The molecule has 0 unspecified atom stereocenters. The molecule has 1 atom stereocenters. The average Bonchev–Trinajstić information content (AvgIpc) is 3.59. The van der Waals surface area contributed by atoms with Gasteiger partial charge in [-0.2, -0.15) is 0 Å². The zero-order valence-corrected chi connectivity index (χ0v) is 20.1. The van der Waals surface area contributed by atoms with Crippen LogP contribution in [0.15, 0.2) is 97.6 Å². The predicted molar refractivity (Wildman–Crippen MR) is 138 cm³/mol. The van der Waals surface area contributed by atoms with E-state index in [4.69, 9.17) is 14.5 Å². The monoisotopic (exact) mass is 491 g/mol. The maximum atomic E-state index is 13.0. The van der Waals surface area contributed by atoms with Crippen molar-refractivity contribution in [3.63, 3.8) is 0 Å². The van der Waals surface area contributed by atoms with Crippen LogP contribution in [0.4, 0.5) is 4.79 Å². The summed E-state index contributed by atoms with van der Waals surface area (Å²) < 4.78 is 13.5. The Kier molecular flexibility index (Phi) is 6.21. The summed E-state index contributed by atoms with van der Waals surface area (Å²) in [5.74, 6) is 2.01. The standard InChI is InChI=1S/C29H25N5O3/c35-29(36-20-21-8-3-1-4-9-21)34-16-7-12-24(34)28-32-27(25-19-30-15-17-33(25)28)22-13-14-26(31-18-22)37-23-10-5-2-6-11-23/h1-6,8-11,13-15,17-19,24H,7,12,16,20H2/t24-/m0/s1. The number of carbonyl (C=O) groups is 1. The Morgan fingerprint density at radius 3 is 2.57 bits per heavy atom. The molecule has 2 aromatic carbocycles. The minimum Gasteiger partial charge on any atom is -0.445 e. The second-order valence-electron chi connectivity index (χ2n) is 8.84. The molecule has 0 aliphatic carbocycles. The fraction of sp³-hybridized carbons (Fsp3) is 0.172. The molecule has 8 heteroatoms. The number of pyridine rings is 1. The Balaban J connectivity index is 1.26. The molecule has 6 rings (SSSR count). The van der Waals surface area contributed by atoms with E-state index in [0.29, 0.717) is 12.4 Å². The number of nitrogens with zero attached hydrogens (tertiary/aromatic N) is 5. The highest BCUT2D eigenvalue weighted by atomic mass is 16.6. The van der Waals surface area contributed by atoms with Crippen molar-refractivity contribution in [3.8, 4) is 22.9 Å². The molecule has 3 aromatic heterocycles. The number of hydrogen-bond donors (Lipinski definition) is 0. The average molecular weight is 492 g/mol. The Bertz CT molecular complexity index is 1500. The van der Waals surface area contributed by atoms with Gasteiger partial charge in [0.1, 0.15) is 18.2 Å². The van der Waals surface area contributed by atoms with Crippen LogP contribution < -0.4 is 4.74 Å². The molecule has 1 fully saturated rings. The van der Waals surface area contributed by atoms with E-state index in [1.165, 1.54) is 0 Å². The van der Waals surface area contributed by atoms with Gasteiger partial charge in [-0.25, -0.2) is 14.8 Å². The van der Waals surface area contributed by atoms with Crippen LogP contribution in [-0.2, 0) is 11.3 Å². The molecule has 8 nitrogen and oxygen atoms in total. The van der Waals surface area contributed by atoms with E-state index in [0.717, 1.165) is 46.8 Å². The van der Waals surface area contributed by atoms with Crippen molar-refractivity contribution in [2.24, 2.45) is 0 Å². The number of fused-ring (bicyclic) bond motifs is 1. The van der Waals surface area contributed by atoms with Crippen molar-refractivity contribution in [2.75, 3.05) is 6.54 Å². The van der Waals surface area contributed by atoms with Crippen LogP contribution in [0, 0.1) is 0 Å². The lowest BCUT2D eigenvalue weighted by Crippen LogP contribution is -2.32. The van der Waals surface area contributed by atoms with Gasteiger partial charge < -0.3 is 9.47 Å². The zero-order chi connectivity index (χ0) is 25.0. The van der Waals surface area contributed by atoms with Crippen molar-refractivity contribution in [3.05, 3.63) is 109 Å². The predicted octanol–water partition coefficient (Wildman–Crippen LogP) is 6.06. The number of para-hydroxylation sites is 1. The number of rotatable bonds is 6. The molecule has 37 heavy (non-hydrogen) atoms. The second-order valence-corrected chi connectivity index (χ2v) is 8.84. The molecule has 1 saturated heterocycles. The van der Waals surface area contributed by atoms with Crippen LogP contribution in [0.3, 0.4) is 0 Å². The lowest BCUT2D eigenvalue weighted by atomic mass is 10.2. The molecule has 0 radical (unpaired) electrons. The van der Waals surface area contributed by atoms with Gasteiger partial charge in [0.2, 0.25) is 5.88 Å². The Hall–Kier alpha value is -4.72. The Morgan fingerprint density at radius 2 is 1.78 bits per heavy atom. The van der Waals surface area contributed by atoms with Crippen molar-refractivity contribution in [1.29, 1.82) is 0 Å². The molecule has 1 aliphatic heterocycles. The SMILES string of the molecule is O=C(OCc1ccccc1)N1CCC[C@H]1c1nc(-c2ccc(Oc3ccccc3)nc2)c2cnccn12. The number of carbonyl (C=O) groups excluding carboxylic acids is 1. The fourth-order valence-corrected chi connectivity index (χ4v) is 4.66. The van der Waals surface area contributed by atoms with Crippen LogP contribution in [0.5, 0.6) is 11.6 Å². The van der Waals surface area contributed by atoms with Crippen molar-refractivity contribution in [1.82, 2.24) is 24.3 Å².